The summed E-state index contributed by atoms with van der Waals surface area (Å²) in [5.41, 5.74) is 2.44. The van der Waals surface area contributed by atoms with Crippen molar-refractivity contribution in [3.05, 3.63) is 57.6 Å². The van der Waals surface area contributed by atoms with E-state index in [1.54, 1.807) is 0 Å². The van der Waals surface area contributed by atoms with Crippen molar-refractivity contribution in [2.45, 2.75) is 20.5 Å². The summed E-state index contributed by atoms with van der Waals surface area (Å²) in [5, 5.41) is 11.9. The number of methoxy groups -OCH3 is 1. The molecule has 0 unspecified atom stereocenters. The Kier molecular flexibility index (Phi) is 6.96. The Bertz CT molecular complexity index is 948. The van der Waals surface area contributed by atoms with E-state index in [9.17, 15) is 18.8 Å². The van der Waals surface area contributed by atoms with Crippen LogP contribution in [0.4, 0.5) is 14.5 Å². The number of carbonyl (C=O) groups excluding carboxylic acids is 1. The van der Waals surface area contributed by atoms with Crippen LogP contribution in [-0.2, 0) is 4.79 Å². The first kappa shape index (κ1) is 21.2. The molecule has 0 radical (unpaired) electrons. The van der Waals surface area contributed by atoms with Crippen molar-refractivity contribution in [2.75, 3.05) is 12.4 Å². The third-order valence-electron chi connectivity index (χ3n) is 3.85. The van der Waals surface area contributed by atoms with Gasteiger partial charge in [-0.3, -0.25) is 4.79 Å². The third kappa shape index (κ3) is 4.99. The van der Waals surface area contributed by atoms with E-state index in [0.717, 1.165) is 11.1 Å². The highest BCUT2D eigenvalue weighted by Gasteiger charge is 2.17. The SMILES string of the molecule is COc1cc(/C=C(\C#N)C(=O)Nc2c(C)cccc2C)cc(Cl)c1OC(F)F. The summed E-state index contributed by atoms with van der Waals surface area (Å²) in [7, 11) is 1.26. The molecule has 0 fully saturated rings. The fourth-order valence-electron chi connectivity index (χ4n) is 2.53. The van der Waals surface area contributed by atoms with Crippen molar-refractivity contribution in [3.8, 4) is 17.6 Å². The lowest BCUT2D eigenvalue weighted by molar-refractivity contribution is -0.112. The second kappa shape index (κ2) is 9.20. The normalized spacial score (nSPS) is 11.1. The second-order valence-corrected chi connectivity index (χ2v) is 6.21. The van der Waals surface area contributed by atoms with Crippen LogP contribution in [0.15, 0.2) is 35.9 Å². The smallest absolute Gasteiger partial charge is 0.387 e. The molecule has 1 amide bonds. The standard InChI is InChI=1S/C20H17ClF2N2O3/c1-11-5-4-6-12(2)17(11)25-19(26)14(10-24)7-13-8-15(21)18(28-20(22)23)16(9-13)27-3/h4-9,20H,1-3H3,(H,25,26)/b14-7+. The molecular formula is C20H17ClF2N2O3. The van der Waals surface area contributed by atoms with E-state index in [-0.39, 0.29) is 22.1 Å². The van der Waals surface area contributed by atoms with E-state index < -0.39 is 12.5 Å². The third-order valence-corrected chi connectivity index (χ3v) is 4.14. The Labute approximate surface area is 166 Å². The van der Waals surface area contributed by atoms with Gasteiger partial charge in [-0.15, -0.1) is 0 Å². The van der Waals surface area contributed by atoms with Crippen molar-refractivity contribution in [3.63, 3.8) is 0 Å². The van der Waals surface area contributed by atoms with Gasteiger partial charge in [0.15, 0.2) is 11.5 Å². The Morgan fingerprint density at radius 3 is 2.46 bits per heavy atom. The molecule has 0 aromatic heterocycles. The molecule has 0 saturated carbocycles. The highest BCUT2D eigenvalue weighted by Crippen LogP contribution is 2.38. The number of halogens is 3. The van der Waals surface area contributed by atoms with Gasteiger partial charge in [-0.1, -0.05) is 29.8 Å². The van der Waals surface area contributed by atoms with Gasteiger partial charge >= 0.3 is 6.61 Å². The molecule has 2 rings (SSSR count). The number of carbonyl (C=O) groups is 1. The molecule has 0 saturated heterocycles. The van der Waals surface area contributed by atoms with Crippen LogP contribution in [0.1, 0.15) is 16.7 Å². The number of alkyl halides is 2. The predicted octanol–water partition coefficient (Wildman–Crippen LogP) is 5.11. The molecule has 8 heteroatoms. The number of aryl methyl sites for hydroxylation is 2. The zero-order chi connectivity index (χ0) is 20.8. The summed E-state index contributed by atoms with van der Waals surface area (Å²) in [4.78, 5) is 12.5. The molecule has 2 aromatic rings. The number of hydrogen-bond acceptors (Lipinski definition) is 4. The summed E-state index contributed by atoms with van der Waals surface area (Å²) >= 11 is 5.98. The number of nitrogens with zero attached hydrogens (tertiary/aromatic N) is 1. The molecule has 0 spiro atoms. The maximum atomic E-state index is 12.5. The average Bonchev–Trinajstić information content (AvgIpc) is 2.64. The van der Waals surface area contributed by atoms with Crippen molar-refractivity contribution < 1.29 is 23.0 Å². The summed E-state index contributed by atoms with van der Waals surface area (Å²) in [6.45, 7) is 0.598. The van der Waals surface area contributed by atoms with E-state index in [4.69, 9.17) is 16.3 Å². The number of nitrogens with one attached hydrogen (secondary N) is 1. The lowest BCUT2D eigenvalue weighted by atomic mass is 10.1. The highest BCUT2D eigenvalue weighted by molar-refractivity contribution is 6.32. The zero-order valence-corrected chi connectivity index (χ0v) is 16.1. The number of benzene rings is 2. The lowest BCUT2D eigenvalue weighted by Crippen LogP contribution is -2.15. The van der Waals surface area contributed by atoms with Gasteiger partial charge in [-0.05, 0) is 48.7 Å². The van der Waals surface area contributed by atoms with E-state index in [1.807, 2.05) is 38.1 Å². The molecule has 0 heterocycles. The summed E-state index contributed by atoms with van der Waals surface area (Å²) < 4.78 is 34.4. The van der Waals surface area contributed by atoms with E-state index in [0.29, 0.717) is 11.3 Å². The molecule has 0 aliphatic rings. The first-order chi connectivity index (χ1) is 13.3. The lowest BCUT2D eigenvalue weighted by Gasteiger charge is -2.13. The van der Waals surface area contributed by atoms with E-state index >= 15 is 0 Å². The van der Waals surface area contributed by atoms with Gasteiger partial charge in [0.25, 0.3) is 5.91 Å². The van der Waals surface area contributed by atoms with E-state index in [2.05, 4.69) is 10.1 Å². The van der Waals surface area contributed by atoms with E-state index in [1.165, 1.54) is 25.3 Å². The number of ether oxygens (including phenoxy) is 2. The fraction of sp³-hybridized carbons (Fsp3) is 0.200. The largest absolute Gasteiger partial charge is 0.493 e. The minimum absolute atomic E-state index is 0.0495. The summed E-state index contributed by atoms with van der Waals surface area (Å²) in [6, 6.07) is 10.0. The molecule has 0 atom stereocenters. The van der Waals surface area contributed by atoms with Crippen LogP contribution >= 0.6 is 11.6 Å². The molecule has 0 aliphatic heterocycles. The van der Waals surface area contributed by atoms with Gasteiger partial charge in [-0.2, -0.15) is 14.0 Å². The van der Waals surface area contributed by atoms with Gasteiger partial charge in [0, 0.05) is 5.69 Å². The van der Waals surface area contributed by atoms with Crippen LogP contribution in [0.2, 0.25) is 5.02 Å². The monoisotopic (exact) mass is 406 g/mol. The quantitative estimate of drug-likeness (QED) is 0.534. The topological polar surface area (TPSA) is 71.3 Å². The Morgan fingerprint density at radius 1 is 1.29 bits per heavy atom. The number of amides is 1. The van der Waals surface area contributed by atoms with Crippen LogP contribution < -0.4 is 14.8 Å². The first-order valence-corrected chi connectivity index (χ1v) is 8.46. The van der Waals surface area contributed by atoms with Gasteiger partial charge in [0.1, 0.15) is 11.6 Å². The van der Waals surface area contributed by atoms with Crippen molar-refractivity contribution >= 4 is 29.3 Å². The molecule has 2 aromatic carbocycles. The molecule has 146 valence electrons. The number of rotatable bonds is 6. The average molecular weight is 407 g/mol. The molecule has 0 bridgehead atoms. The number of anilines is 1. The van der Waals surface area contributed by atoms with Crippen molar-refractivity contribution in [1.29, 1.82) is 5.26 Å². The van der Waals surface area contributed by atoms with Crippen LogP contribution in [0.3, 0.4) is 0 Å². The summed E-state index contributed by atoms with van der Waals surface area (Å²) in [5.74, 6) is -0.982. The van der Waals surface area contributed by atoms with Gasteiger partial charge < -0.3 is 14.8 Å². The summed E-state index contributed by atoms with van der Waals surface area (Å²) in [6.07, 6.45) is 1.28. The van der Waals surface area contributed by atoms with Crippen LogP contribution in [-0.4, -0.2) is 19.6 Å². The fourth-order valence-corrected chi connectivity index (χ4v) is 2.80. The first-order valence-electron chi connectivity index (χ1n) is 8.08. The Hall–Kier alpha value is -3.11. The van der Waals surface area contributed by atoms with Crippen molar-refractivity contribution in [2.24, 2.45) is 0 Å². The molecule has 0 aliphatic carbocycles. The predicted molar refractivity (Wildman–Crippen MR) is 103 cm³/mol. The number of hydrogen-bond donors (Lipinski definition) is 1. The van der Waals surface area contributed by atoms with Crippen LogP contribution in [0.5, 0.6) is 11.5 Å². The Balaban J connectivity index is 2.37. The van der Waals surface area contributed by atoms with Gasteiger partial charge in [-0.25, -0.2) is 0 Å². The maximum Gasteiger partial charge on any atom is 0.387 e. The van der Waals surface area contributed by atoms with Crippen LogP contribution in [0, 0.1) is 25.2 Å². The zero-order valence-electron chi connectivity index (χ0n) is 15.3. The molecule has 5 nitrogen and oxygen atoms in total. The minimum atomic E-state index is -3.08. The number of nitriles is 1. The molecule has 1 N–H and O–H groups in total. The van der Waals surface area contributed by atoms with Gasteiger partial charge in [0.05, 0.1) is 12.1 Å². The van der Waals surface area contributed by atoms with Gasteiger partial charge in [0.2, 0.25) is 0 Å². The second-order valence-electron chi connectivity index (χ2n) is 5.80. The molecule has 28 heavy (non-hydrogen) atoms. The highest BCUT2D eigenvalue weighted by atomic mass is 35.5. The maximum absolute atomic E-state index is 12.5. The van der Waals surface area contributed by atoms with Crippen molar-refractivity contribution in [1.82, 2.24) is 0 Å². The number of para-hydroxylation sites is 1. The Morgan fingerprint density at radius 2 is 1.93 bits per heavy atom. The van der Waals surface area contributed by atoms with Crippen LogP contribution in [0.25, 0.3) is 6.08 Å². The minimum Gasteiger partial charge on any atom is -0.493 e. The molecular weight excluding hydrogens is 390 g/mol.